The van der Waals surface area contributed by atoms with Gasteiger partial charge in [-0.05, 0) is 34.0 Å². The summed E-state index contributed by atoms with van der Waals surface area (Å²) in [4.78, 5) is 17.5. The molecule has 0 unspecified atom stereocenters. The number of ether oxygens (including phenoxy) is 1. The van der Waals surface area contributed by atoms with Gasteiger partial charge in [-0.1, -0.05) is 102 Å². The third-order valence-electron chi connectivity index (χ3n) is 7.17. The summed E-state index contributed by atoms with van der Waals surface area (Å²) in [6, 6.07) is 35.7. The standard InChI is InChI=1S/C32H31N5O2S/c38-29(33-32-35-34-30(40-32)23-39-28-16-15-24-9-7-8-14-27(24)21-28)22-36-17-19-37(20-18-36)31(25-10-3-1-4-11-25)26-12-5-2-6-13-26/h1-16,21,31H,17-20,22-23H2,(H,33,35,38). The minimum atomic E-state index is -0.0748. The van der Waals surface area contributed by atoms with E-state index in [0.717, 1.165) is 37.3 Å². The number of carbonyl (C=O) groups excluding carboxylic acids is 1. The Bertz CT molecular complexity index is 1510. The molecule has 1 aliphatic heterocycles. The lowest BCUT2D eigenvalue weighted by Gasteiger charge is -2.39. The van der Waals surface area contributed by atoms with E-state index in [1.54, 1.807) is 0 Å². The molecule has 4 aromatic carbocycles. The molecule has 0 atom stereocenters. The van der Waals surface area contributed by atoms with E-state index in [2.05, 4.69) is 98.1 Å². The van der Waals surface area contributed by atoms with Gasteiger partial charge < -0.3 is 4.74 Å². The minimum absolute atomic E-state index is 0.0748. The van der Waals surface area contributed by atoms with Crippen LogP contribution in [-0.2, 0) is 11.4 Å². The predicted octanol–water partition coefficient (Wildman–Crippen LogP) is 5.62. The van der Waals surface area contributed by atoms with Crippen LogP contribution in [0.4, 0.5) is 5.13 Å². The van der Waals surface area contributed by atoms with Crippen LogP contribution in [0, 0.1) is 0 Å². The van der Waals surface area contributed by atoms with E-state index in [0.29, 0.717) is 23.3 Å². The molecule has 2 heterocycles. The van der Waals surface area contributed by atoms with Gasteiger partial charge in [-0.25, -0.2) is 0 Å². The van der Waals surface area contributed by atoms with Crippen LogP contribution in [0.5, 0.6) is 5.75 Å². The van der Waals surface area contributed by atoms with E-state index >= 15 is 0 Å². The van der Waals surface area contributed by atoms with Crippen molar-refractivity contribution in [3.8, 4) is 5.75 Å². The summed E-state index contributed by atoms with van der Waals surface area (Å²) in [5, 5.41) is 14.8. The van der Waals surface area contributed by atoms with Gasteiger partial charge in [-0.2, -0.15) is 0 Å². The van der Waals surface area contributed by atoms with Gasteiger partial charge in [0.15, 0.2) is 5.01 Å². The molecule has 7 nitrogen and oxygen atoms in total. The second kappa shape index (κ2) is 12.4. The highest BCUT2D eigenvalue weighted by Crippen LogP contribution is 2.29. The Labute approximate surface area is 238 Å². The number of hydrogen-bond donors (Lipinski definition) is 1. The Hall–Kier alpha value is -4.11. The van der Waals surface area contributed by atoms with Crippen molar-refractivity contribution in [1.29, 1.82) is 0 Å². The highest BCUT2D eigenvalue weighted by molar-refractivity contribution is 7.15. The van der Waals surface area contributed by atoms with Crippen LogP contribution in [-0.4, -0.2) is 58.6 Å². The molecular formula is C32H31N5O2S. The van der Waals surface area contributed by atoms with E-state index in [4.69, 9.17) is 4.74 Å². The fraction of sp³-hybridized carbons (Fsp3) is 0.219. The fourth-order valence-corrected chi connectivity index (χ4v) is 5.86. The lowest BCUT2D eigenvalue weighted by molar-refractivity contribution is -0.117. The first-order valence-electron chi connectivity index (χ1n) is 13.5. The molecule has 1 saturated heterocycles. The van der Waals surface area contributed by atoms with Gasteiger partial charge in [0.25, 0.3) is 0 Å². The Balaban J connectivity index is 0.998. The maximum atomic E-state index is 12.8. The normalized spacial score (nSPS) is 14.4. The van der Waals surface area contributed by atoms with Gasteiger partial charge in [0.05, 0.1) is 12.6 Å². The van der Waals surface area contributed by atoms with Gasteiger partial charge in [0, 0.05) is 26.2 Å². The lowest BCUT2D eigenvalue weighted by Crippen LogP contribution is -2.49. The third-order valence-corrected chi connectivity index (χ3v) is 7.98. The average Bonchev–Trinajstić information content (AvgIpc) is 3.45. The maximum Gasteiger partial charge on any atom is 0.240 e. The zero-order chi connectivity index (χ0) is 27.1. The highest BCUT2D eigenvalue weighted by atomic mass is 32.1. The molecule has 0 saturated carbocycles. The number of fused-ring (bicyclic) bond motifs is 1. The van der Waals surface area contributed by atoms with Crippen molar-refractivity contribution in [3.63, 3.8) is 0 Å². The first-order chi connectivity index (χ1) is 19.7. The number of amides is 1. The van der Waals surface area contributed by atoms with Gasteiger partial charge in [0.1, 0.15) is 12.4 Å². The first kappa shape index (κ1) is 26.1. The second-order valence-corrected chi connectivity index (χ2v) is 10.9. The van der Waals surface area contributed by atoms with Crippen LogP contribution in [0.1, 0.15) is 22.2 Å². The maximum absolute atomic E-state index is 12.8. The molecule has 40 heavy (non-hydrogen) atoms. The molecule has 5 aromatic rings. The quantitative estimate of drug-likeness (QED) is 0.258. The number of benzene rings is 4. The topological polar surface area (TPSA) is 70.6 Å². The Kier molecular flexibility index (Phi) is 8.09. The van der Waals surface area contributed by atoms with Crippen molar-refractivity contribution in [2.24, 2.45) is 0 Å². The monoisotopic (exact) mass is 549 g/mol. The molecule has 0 bridgehead atoms. The number of nitrogens with one attached hydrogen (secondary N) is 1. The van der Waals surface area contributed by atoms with Crippen LogP contribution >= 0.6 is 11.3 Å². The molecule has 1 aliphatic rings. The number of piperazine rings is 1. The molecule has 0 aliphatic carbocycles. The fourth-order valence-electron chi connectivity index (χ4n) is 5.19. The van der Waals surface area contributed by atoms with Crippen LogP contribution in [0.25, 0.3) is 10.8 Å². The lowest BCUT2D eigenvalue weighted by atomic mass is 9.96. The summed E-state index contributed by atoms with van der Waals surface area (Å²) >= 11 is 1.34. The summed E-state index contributed by atoms with van der Waals surface area (Å²) in [6.07, 6.45) is 0. The summed E-state index contributed by atoms with van der Waals surface area (Å²) < 4.78 is 5.92. The Morgan fingerprint density at radius 2 is 1.45 bits per heavy atom. The van der Waals surface area contributed by atoms with Gasteiger partial charge >= 0.3 is 0 Å². The van der Waals surface area contributed by atoms with E-state index in [9.17, 15) is 4.79 Å². The molecule has 1 aromatic heterocycles. The molecule has 1 N–H and O–H groups in total. The predicted molar refractivity (Wildman–Crippen MR) is 160 cm³/mol. The largest absolute Gasteiger partial charge is 0.486 e. The average molecular weight is 550 g/mol. The van der Waals surface area contributed by atoms with E-state index in [-0.39, 0.29) is 11.9 Å². The van der Waals surface area contributed by atoms with Crippen LogP contribution in [0.15, 0.2) is 103 Å². The highest BCUT2D eigenvalue weighted by Gasteiger charge is 2.27. The number of hydrogen-bond acceptors (Lipinski definition) is 7. The number of nitrogens with zero attached hydrogens (tertiary/aromatic N) is 4. The second-order valence-electron chi connectivity index (χ2n) is 9.88. The number of rotatable bonds is 9. The summed E-state index contributed by atoms with van der Waals surface area (Å²) in [7, 11) is 0. The molecule has 0 spiro atoms. The zero-order valence-electron chi connectivity index (χ0n) is 22.1. The zero-order valence-corrected chi connectivity index (χ0v) is 23.0. The summed E-state index contributed by atoms with van der Waals surface area (Å²) in [5.74, 6) is 0.703. The van der Waals surface area contributed by atoms with Gasteiger partial charge in [-0.15, -0.1) is 10.2 Å². The molecule has 8 heteroatoms. The van der Waals surface area contributed by atoms with Crippen molar-refractivity contribution < 1.29 is 9.53 Å². The Morgan fingerprint density at radius 1 is 0.800 bits per heavy atom. The summed E-state index contributed by atoms with van der Waals surface area (Å²) in [6.45, 7) is 4.05. The van der Waals surface area contributed by atoms with Crippen molar-refractivity contribution >= 4 is 33.1 Å². The molecule has 6 rings (SSSR count). The number of anilines is 1. The Morgan fingerprint density at radius 3 is 2.15 bits per heavy atom. The van der Waals surface area contributed by atoms with E-state index in [1.807, 2.05) is 30.3 Å². The molecule has 1 fully saturated rings. The van der Waals surface area contributed by atoms with Crippen molar-refractivity contribution in [2.45, 2.75) is 12.6 Å². The number of carbonyl (C=O) groups is 1. The van der Waals surface area contributed by atoms with E-state index < -0.39 is 0 Å². The van der Waals surface area contributed by atoms with Crippen molar-refractivity contribution in [2.75, 3.05) is 38.0 Å². The SMILES string of the molecule is O=C(CN1CCN(C(c2ccccc2)c2ccccc2)CC1)Nc1nnc(COc2ccc3ccccc3c2)s1. The number of aromatic nitrogens is 2. The van der Waals surface area contributed by atoms with Crippen LogP contribution in [0.3, 0.4) is 0 Å². The van der Waals surface area contributed by atoms with Crippen molar-refractivity contribution in [1.82, 2.24) is 20.0 Å². The van der Waals surface area contributed by atoms with Gasteiger partial charge in [-0.3, -0.25) is 19.9 Å². The van der Waals surface area contributed by atoms with Gasteiger partial charge in [0.2, 0.25) is 11.0 Å². The first-order valence-corrected chi connectivity index (χ1v) is 14.3. The van der Waals surface area contributed by atoms with E-state index in [1.165, 1.54) is 27.8 Å². The molecule has 1 amide bonds. The molecular weight excluding hydrogens is 518 g/mol. The smallest absolute Gasteiger partial charge is 0.240 e. The van der Waals surface area contributed by atoms with Crippen LogP contribution < -0.4 is 10.1 Å². The minimum Gasteiger partial charge on any atom is -0.486 e. The summed E-state index contributed by atoms with van der Waals surface area (Å²) in [5.41, 5.74) is 2.58. The molecule has 202 valence electrons. The van der Waals surface area contributed by atoms with Crippen LogP contribution in [0.2, 0.25) is 0 Å². The molecule has 0 radical (unpaired) electrons. The third kappa shape index (κ3) is 6.37. The van der Waals surface area contributed by atoms with Crippen molar-refractivity contribution in [3.05, 3.63) is 119 Å².